The first kappa shape index (κ1) is 11.5. The van der Waals surface area contributed by atoms with E-state index in [2.05, 4.69) is 10.3 Å². The number of aromatic nitrogens is 1. The van der Waals surface area contributed by atoms with Crippen molar-refractivity contribution in [2.45, 2.75) is 26.3 Å². The first-order valence-electron chi connectivity index (χ1n) is 4.99. The summed E-state index contributed by atoms with van der Waals surface area (Å²) >= 11 is 0. The number of rotatable bonds is 4. The molecule has 1 amide bonds. The topological polar surface area (TPSA) is 51.2 Å². The maximum absolute atomic E-state index is 11.8. The SMILES string of the molecule is CC[C@H](C)NC(=O)c1cccnc1OC. The van der Waals surface area contributed by atoms with E-state index in [1.807, 2.05) is 13.8 Å². The van der Waals surface area contributed by atoms with E-state index in [4.69, 9.17) is 4.74 Å². The summed E-state index contributed by atoms with van der Waals surface area (Å²) in [5.41, 5.74) is 0.473. The van der Waals surface area contributed by atoms with Crippen molar-refractivity contribution in [2.75, 3.05) is 7.11 Å². The van der Waals surface area contributed by atoms with Crippen molar-refractivity contribution in [2.24, 2.45) is 0 Å². The average molecular weight is 208 g/mol. The minimum absolute atomic E-state index is 0.144. The Bertz CT molecular complexity index is 339. The van der Waals surface area contributed by atoms with Gasteiger partial charge >= 0.3 is 0 Å². The highest BCUT2D eigenvalue weighted by molar-refractivity contribution is 5.96. The largest absolute Gasteiger partial charge is 0.480 e. The van der Waals surface area contributed by atoms with E-state index in [1.54, 1.807) is 18.3 Å². The van der Waals surface area contributed by atoms with Crippen LogP contribution < -0.4 is 10.1 Å². The summed E-state index contributed by atoms with van der Waals surface area (Å²) in [6, 6.07) is 3.57. The van der Waals surface area contributed by atoms with E-state index < -0.39 is 0 Å². The molecule has 0 aromatic carbocycles. The number of methoxy groups -OCH3 is 1. The number of pyridine rings is 1. The lowest BCUT2D eigenvalue weighted by Gasteiger charge is -2.12. The molecule has 15 heavy (non-hydrogen) atoms. The molecule has 4 heteroatoms. The average Bonchev–Trinajstić information content (AvgIpc) is 2.28. The summed E-state index contributed by atoms with van der Waals surface area (Å²) in [5.74, 6) is 0.215. The number of carbonyl (C=O) groups excluding carboxylic acids is 1. The third-order valence-corrected chi connectivity index (χ3v) is 2.20. The zero-order valence-electron chi connectivity index (χ0n) is 9.28. The van der Waals surface area contributed by atoms with Crippen molar-refractivity contribution >= 4 is 5.91 Å². The molecule has 0 aliphatic heterocycles. The molecule has 1 aromatic heterocycles. The molecule has 0 unspecified atom stereocenters. The first-order valence-corrected chi connectivity index (χ1v) is 4.99. The third kappa shape index (κ3) is 2.94. The summed E-state index contributed by atoms with van der Waals surface area (Å²) in [4.78, 5) is 15.7. The van der Waals surface area contributed by atoms with Gasteiger partial charge in [-0.2, -0.15) is 0 Å². The van der Waals surface area contributed by atoms with Crippen molar-refractivity contribution < 1.29 is 9.53 Å². The van der Waals surface area contributed by atoms with Crippen molar-refractivity contribution in [3.8, 4) is 5.88 Å². The molecule has 1 N–H and O–H groups in total. The molecule has 4 nitrogen and oxygen atoms in total. The molecule has 0 aliphatic rings. The normalized spacial score (nSPS) is 11.9. The van der Waals surface area contributed by atoms with Crippen LogP contribution in [-0.2, 0) is 0 Å². The predicted molar refractivity (Wildman–Crippen MR) is 58.0 cm³/mol. The van der Waals surface area contributed by atoms with Crippen molar-refractivity contribution in [3.63, 3.8) is 0 Å². The van der Waals surface area contributed by atoms with Gasteiger partial charge in [0, 0.05) is 12.2 Å². The van der Waals surface area contributed by atoms with Crippen LogP contribution in [0.5, 0.6) is 5.88 Å². The Kier molecular flexibility index (Phi) is 4.09. The molecule has 82 valence electrons. The smallest absolute Gasteiger partial charge is 0.256 e. The molecular formula is C11H16N2O2. The maximum atomic E-state index is 11.8. The van der Waals surface area contributed by atoms with Gasteiger partial charge in [0.15, 0.2) is 0 Å². The van der Waals surface area contributed by atoms with Crippen molar-refractivity contribution in [3.05, 3.63) is 23.9 Å². The van der Waals surface area contributed by atoms with E-state index in [9.17, 15) is 4.79 Å². The van der Waals surface area contributed by atoms with Gasteiger partial charge in [-0.3, -0.25) is 4.79 Å². The van der Waals surface area contributed by atoms with E-state index in [1.165, 1.54) is 7.11 Å². The molecule has 0 fully saturated rings. The van der Waals surface area contributed by atoms with Crippen LogP contribution in [0, 0.1) is 0 Å². The molecule has 1 aromatic rings. The minimum atomic E-state index is -0.144. The molecule has 0 saturated carbocycles. The molecule has 1 atom stereocenters. The molecule has 0 bridgehead atoms. The van der Waals surface area contributed by atoms with Gasteiger partial charge < -0.3 is 10.1 Å². The lowest BCUT2D eigenvalue weighted by Crippen LogP contribution is -2.32. The van der Waals surface area contributed by atoms with Crippen LogP contribution >= 0.6 is 0 Å². The summed E-state index contributed by atoms with van der Waals surface area (Å²) in [6.45, 7) is 3.98. The highest BCUT2D eigenvalue weighted by Gasteiger charge is 2.13. The number of nitrogens with zero attached hydrogens (tertiary/aromatic N) is 1. The Morgan fingerprint density at radius 1 is 1.67 bits per heavy atom. The monoisotopic (exact) mass is 208 g/mol. The quantitative estimate of drug-likeness (QED) is 0.818. The summed E-state index contributed by atoms with van der Waals surface area (Å²) in [6.07, 6.45) is 2.49. The third-order valence-electron chi connectivity index (χ3n) is 2.20. The Balaban J connectivity index is 2.81. The van der Waals surface area contributed by atoms with Gasteiger partial charge in [-0.15, -0.1) is 0 Å². The molecule has 1 rings (SSSR count). The highest BCUT2D eigenvalue weighted by Crippen LogP contribution is 2.13. The Labute approximate surface area is 89.7 Å². The Morgan fingerprint density at radius 2 is 2.40 bits per heavy atom. The van der Waals surface area contributed by atoms with Gasteiger partial charge in [0.05, 0.1) is 7.11 Å². The van der Waals surface area contributed by atoms with Gasteiger partial charge in [0.25, 0.3) is 5.91 Å². The van der Waals surface area contributed by atoms with Crippen LogP contribution in [0.1, 0.15) is 30.6 Å². The van der Waals surface area contributed by atoms with Crippen LogP contribution in [0.4, 0.5) is 0 Å². The number of ether oxygens (including phenoxy) is 1. The van der Waals surface area contributed by atoms with Gasteiger partial charge in [-0.1, -0.05) is 6.92 Å². The van der Waals surface area contributed by atoms with E-state index in [0.29, 0.717) is 11.4 Å². The summed E-state index contributed by atoms with van der Waals surface area (Å²) < 4.78 is 5.01. The molecule has 0 radical (unpaired) electrons. The van der Waals surface area contributed by atoms with E-state index in [0.717, 1.165) is 6.42 Å². The van der Waals surface area contributed by atoms with Crippen molar-refractivity contribution in [1.82, 2.24) is 10.3 Å². The Hall–Kier alpha value is -1.58. The molecule has 0 spiro atoms. The summed E-state index contributed by atoms with van der Waals surface area (Å²) in [5, 5.41) is 2.86. The number of hydrogen-bond acceptors (Lipinski definition) is 3. The van der Waals surface area contributed by atoms with Gasteiger partial charge in [-0.25, -0.2) is 4.98 Å². The second-order valence-electron chi connectivity index (χ2n) is 3.34. The van der Waals surface area contributed by atoms with Gasteiger partial charge in [-0.05, 0) is 25.5 Å². The number of hydrogen-bond donors (Lipinski definition) is 1. The Morgan fingerprint density at radius 3 is 3.00 bits per heavy atom. The molecule has 0 aliphatic carbocycles. The fourth-order valence-corrected chi connectivity index (χ4v) is 1.13. The van der Waals surface area contributed by atoms with E-state index in [-0.39, 0.29) is 11.9 Å². The first-order chi connectivity index (χ1) is 7.19. The van der Waals surface area contributed by atoms with Crippen LogP contribution in [0.15, 0.2) is 18.3 Å². The second kappa shape index (κ2) is 5.34. The van der Waals surface area contributed by atoms with E-state index >= 15 is 0 Å². The standard InChI is InChI=1S/C11H16N2O2/c1-4-8(2)13-10(14)9-6-5-7-12-11(9)15-3/h5-8H,4H2,1-3H3,(H,13,14)/t8-/m0/s1. The van der Waals surface area contributed by atoms with Crippen molar-refractivity contribution in [1.29, 1.82) is 0 Å². The molecular weight excluding hydrogens is 192 g/mol. The van der Waals surface area contributed by atoms with Gasteiger partial charge in [0.2, 0.25) is 5.88 Å². The van der Waals surface area contributed by atoms with Crippen LogP contribution in [-0.4, -0.2) is 24.0 Å². The van der Waals surface area contributed by atoms with Crippen LogP contribution in [0.25, 0.3) is 0 Å². The number of carbonyl (C=O) groups is 1. The predicted octanol–water partition coefficient (Wildman–Crippen LogP) is 1.62. The number of nitrogens with one attached hydrogen (secondary N) is 1. The highest BCUT2D eigenvalue weighted by atomic mass is 16.5. The lowest BCUT2D eigenvalue weighted by atomic mass is 10.2. The maximum Gasteiger partial charge on any atom is 0.256 e. The second-order valence-corrected chi connectivity index (χ2v) is 3.34. The zero-order chi connectivity index (χ0) is 11.3. The summed E-state index contributed by atoms with van der Waals surface area (Å²) in [7, 11) is 1.50. The minimum Gasteiger partial charge on any atom is -0.480 e. The van der Waals surface area contributed by atoms with Crippen LogP contribution in [0.3, 0.4) is 0 Å². The fourth-order valence-electron chi connectivity index (χ4n) is 1.13. The lowest BCUT2D eigenvalue weighted by molar-refractivity contribution is 0.0935. The van der Waals surface area contributed by atoms with Gasteiger partial charge in [0.1, 0.15) is 5.56 Å². The molecule has 0 saturated heterocycles. The molecule has 1 heterocycles. The zero-order valence-corrected chi connectivity index (χ0v) is 9.28. The fraction of sp³-hybridized carbons (Fsp3) is 0.455. The van der Waals surface area contributed by atoms with Crippen LogP contribution in [0.2, 0.25) is 0 Å². The number of amides is 1.